The Labute approximate surface area is 168 Å². The number of aliphatic imine (C=N–C) groups is 1. The molecule has 2 N–H and O–H groups in total. The van der Waals surface area contributed by atoms with Gasteiger partial charge in [0.1, 0.15) is 5.75 Å². The number of hydrogen-bond donors (Lipinski definition) is 2. The van der Waals surface area contributed by atoms with Crippen LogP contribution < -0.4 is 4.74 Å². The van der Waals surface area contributed by atoms with Crippen LogP contribution in [0.2, 0.25) is 0 Å². The Balaban J connectivity index is 1.85. The summed E-state index contributed by atoms with van der Waals surface area (Å²) in [7, 11) is 1.71. The quantitative estimate of drug-likeness (QED) is 0.522. The van der Waals surface area contributed by atoms with E-state index < -0.39 is 0 Å². The van der Waals surface area contributed by atoms with Crippen LogP contribution in [0, 0.1) is 13.8 Å². The Morgan fingerprint density at radius 1 is 1.07 bits per heavy atom. The predicted octanol–water partition coefficient (Wildman–Crippen LogP) is 4.98. The maximum atomic E-state index is 5.80. The van der Waals surface area contributed by atoms with Gasteiger partial charge in [-0.25, -0.2) is 0 Å². The van der Waals surface area contributed by atoms with Crippen LogP contribution in [0.1, 0.15) is 30.9 Å². The summed E-state index contributed by atoms with van der Waals surface area (Å²) in [6.45, 7) is 8.98. The van der Waals surface area contributed by atoms with Gasteiger partial charge in [-0.2, -0.15) is 5.10 Å². The number of aryl methyl sites for hydroxylation is 2. The topological polar surface area (TPSA) is 79.0 Å². The molecule has 0 bridgehead atoms. The molecule has 0 atom stereocenters. The number of allylic oxidation sites excluding steroid dienone is 1. The van der Waals surface area contributed by atoms with E-state index in [1.807, 2.05) is 26.1 Å². The summed E-state index contributed by atoms with van der Waals surface area (Å²) in [5.41, 5.74) is 10.6. The van der Waals surface area contributed by atoms with Crippen LogP contribution in [0.5, 0.6) is 5.75 Å². The van der Waals surface area contributed by atoms with E-state index in [2.05, 4.69) is 46.2 Å². The summed E-state index contributed by atoms with van der Waals surface area (Å²) in [6, 6.07) is 6.29. The van der Waals surface area contributed by atoms with Crippen LogP contribution in [0.25, 0.3) is 38.5 Å². The maximum absolute atomic E-state index is 5.80. The first-order chi connectivity index (χ1) is 14.0. The first kappa shape index (κ1) is 17.7. The van der Waals surface area contributed by atoms with Crippen molar-refractivity contribution in [2.45, 2.75) is 27.7 Å². The number of fused-ring (bicyclic) bond motifs is 3. The molecule has 1 aliphatic heterocycles. The average Bonchev–Trinajstić information content (AvgIpc) is 3.35. The minimum Gasteiger partial charge on any atom is -0.496 e. The van der Waals surface area contributed by atoms with Gasteiger partial charge in [-0.3, -0.25) is 15.1 Å². The van der Waals surface area contributed by atoms with Gasteiger partial charge in [0.2, 0.25) is 0 Å². The zero-order valence-electron chi connectivity index (χ0n) is 17.3. The molecule has 5 rings (SSSR count). The second-order valence-electron chi connectivity index (χ2n) is 7.67. The van der Waals surface area contributed by atoms with Crippen LogP contribution >= 0.6 is 0 Å². The van der Waals surface area contributed by atoms with Crippen LogP contribution in [0.3, 0.4) is 0 Å². The van der Waals surface area contributed by atoms with Crippen molar-refractivity contribution >= 4 is 33.1 Å². The minimum atomic E-state index is 0.744. The van der Waals surface area contributed by atoms with Gasteiger partial charge in [-0.05, 0) is 51.5 Å². The van der Waals surface area contributed by atoms with Crippen molar-refractivity contribution in [3.05, 3.63) is 47.1 Å². The number of pyridine rings is 1. The lowest BCUT2D eigenvalue weighted by Crippen LogP contribution is -1.98. The first-order valence-corrected chi connectivity index (χ1v) is 9.71. The number of benzene rings is 1. The second-order valence-corrected chi connectivity index (χ2v) is 7.67. The standard InChI is InChI=1S/C23H23N5O/c1-11-10-25-12(2)20(11)23-22-15-9-19(29-5)16(21-13(3)27-28-14(21)4)8-18(15)26-17(22)6-7-24-23/h6-9,26H,10H2,1-5H3,(H,27,28). The van der Waals surface area contributed by atoms with Crippen molar-refractivity contribution in [1.82, 2.24) is 20.2 Å². The van der Waals surface area contributed by atoms with Gasteiger partial charge in [0.05, 0.1) is 30.6 Å². The van der Waals surface area contributed by atoms with E-state index in [0.29, 0.717) is 0 Å². The van der Waals surface area contributed by atoms with Gasteiger partial charge < -0.3 is 9.72 Å². The molecule has 1 aliphatic rings. The second kappa shape index (κ2) is 6.30. The molecule has 6 nitrogen and oxygen atoms in total. The number of hydrogen-bond acceptors (Lipinski definition) is 4. The monoisotopic (exact) mass is 385 g/mol. The summed E-state index contributed by atoms with van der Waals surface area (Å²) in [5, 5.41) is 9.64. The number of nitrogens with zero attached hydrogens (tertiary/aromatic N) is 3. The van der Waals surface area contributed by atoms with Gasteiger partial charge in [-0.1, -0.05) is 0 Å². The van der Waals surface area contributed by atoms with Crippen molar-refractivity contribution in [3.63, 3.8) is 0 Å². The van der Waals surface area contributed by atoms with Gasteiger partial charge in [0, 0.05) is 50.6 Å². The smallest absolute Gasteiger partial charge is 0.127 e. The van der Waals surface area contributed by atoms with Crippen molar-refractivity contribution < 1.29 is 4.74 Å². The van der Waals surface area contributed by atoms with Gasteiger partial charge in [-0.15, -0.1) is 0 Å². The zero-order chi connectivity index (χ0) is 20.3. The number of ether oxygens (including phenoxy) is 1. The minimum absolute atomic E-state index is 0.744. The molecule has 4 aromatic rings. The number of nitrogens with one attached hydrogen (secondary N) is 2. The lowest BCUT2D eigenvalue weighted by atomic mass is 9.97. The molecule has 0 saturated carbocycles. The number of methoxy groups -OCH3 is 1. The SMILES string of the molecule is COc1cc2c(cc1-c1c(C)n[nH]c1C)[nH]c1ccnc(C3=C(C)CN=C3C)c12. The highest BCUT2D eigenvalue weighted by atomic mass is 16.5. The Hall–Kier alpha value is -3.41. The molecule has 146 valence electrons. The fourth-order valence-corrected chi connectivity index (χ4v) is 4.45. The molecule has 0 fully saturated rings. The summed E-state index contributed by atoms with van der Waals surface area (Å²) in [5.74, 6) is 0.823. The molecule has 0 saturated heterocycles. The molecule has 29 heavy (non-hydrogen) atoms. The van der Waals surface area contributed by atoms with Crippen LogP contribution in [-0.2, 0) is 0 Å². The van der Waals surface area contributed by atoms with Crippen molar-refractivity contribution in [2.75, 3.05) is 13.7 Å². The number of rotatable bonds is 3. The molecular formula is C23H23N5O. The van der Waals surface area contributed by atoms with E-state index in [4.69, 9.17) is 9.72 Å². The summed E-state index contributed by atoms with van der Waals surface area (Å²) >= 11 is 0. The Morgan fingerprint density at radius 2 is 1.90 bits per heavy atom. The van der Waals surface area contributed by atoms with Crippen LogP contribution in [-0.4, -0.2) is 39.5 Å². The van der Waals surface area contributed by atoms with E-state index in [1.54, 1.807) is 7.11 Å². The molecule has 0 unspecified atom stereocenters. The molecular weight excluding hydrogens is 362 g/mol. The third-order valence-electron chi connectivity index (χ3n) is 5.81. The molecule has 0 aliphatic carbocycles. The fourth-order valence-electron chi connectivity index (χ4n) is 4.45. The Morgan fingerprint density at radius 3 is 2.55 bits per heavy atom. The summed E-state index contributed by atoms with van der Waals surface area (Å²) in [6.07, 6.45) is 1.86. The molecule has 0 radical (unpaired) electrons. The number of H-pyrrole nitrogens is 2. The third-order valence-corrected chi connectivity index (χ3v) is 5.81. The molecule has 3 aromatic heterocycles. The normalized spacial score (nSPS) is 14.3. The predicted molar refractivity (Wildman–Crippen MR) is 118 cm³/mol. The highest BCUT2D eigenvalue weighted by Gasteiger charge is 2.22. The summed E-state index contributed by atoms with van der Waals surface area (Å²) in [4.78, 5) is 12.9. The highest BCUT2D eigenvalue weighted by molar-refractivity contribution is 6.29. The molecule has 0 spiro atoms. The Bertz CT molecular complexity index is 1330. The first-order valence-electron chi connectivity index (χ1n) is 9.71. The van der Waals surface area contributed by atoms with Crippen molar-refractivity contribution in [1.29, 1.82) is 0 Å². The largest absolute Gasteiger partial charge is 0.496 e. The average molecular weight is 385 g/mol. The van der Waals surface area contributed by atoms with Crippen LogP contribution in [0.15, 0.2) is 35.0 Å². The van der Waals surface area contributed by atoms with E-state index in [-0.39, 0.29) is 0 Å². The van der Waals surface area contributed by atoms with Crippen LogP contribution in [0.4, 0.5) is 0 Å². The molecule has 1 aromatic carbocycles. The highest BCUT2D eigenvalue weighted by Crippen LogP contribution is 2.41. The Kier molecular flexibility index (Phi) is 3.84. The van der Waals surface area contributed by atoms with Crippen molar-refractivity contribution in [2.24, 2.45) is 4.99 Å². The lowest BCUT2D eigenvalue weighted by Gasteiger charge is -2.10. The van der Waals surface area contributed by atoms with Crippen molar-refractivity contribution in [3.8, 4) is 16.9 Å². The molecule has 4 heterocycles. The zero-order valence-corrected chi connectivity index (χ0v) is 17.3. The van der Waals surface area contributed by atoms with E-state index in [1.165, 1.54) is 5.57 Å². The van der Waals surface area contributed by atoms with E-state index in [0.717, 1.165) is 73.6 Å². The van der Waals surface area contributed by atoms with Gasteiger partial charge in [0.25, 0.3) is 0 Å². The molecule has 0 amide bonds. The summed E-state index contributed by atoms with van der Waals surface area (Å²) < 4.78 is 5.80. The van der Waals surface area contributed by atoms with Gasteiger partial charge in [0.15, 0.2) is 0 Å². The number of aromatic amines is 2. The lowest BCUT2D eigenvalue weighted by molar-refractivity contribution is 0.417. The maximum Gasteiger partial charge on any atom is 0.127 e. The van der Waals surface area contributed by atoms with Gasteiger partial charge >= 0.3 is 0 Å². The third kappa shape index (κ3) is 2.52. The fraction of sp³-hybridized carbons (Fsp3) is 0.261. The van der Waals surface area contributed by atoms with E-state index in [9.17, 15) is 0 Å². The molecule has 6 heteroatoms. The van der Waals surface area contributed by atoms with E-state index >= 15 is 0 Å². The number of aromatic nitrogens is 4.